The third-order valence-electron chi connectivity index (χ3n) is 5.16. The molecule has 2 fully saturated rings. The third-order valence-corrected chi connectivity index (χ3v) is 5.16. The van der Waals surface area contributed by atoms with Crippen molar-refractivity contribution in [3.8, 4) is 0 Å². The summed E-state index contributed by atoms with van der Waals surface area (Å²) >= 11 is 0. The average molecular weight is 313 g/mol. The lowest BCUT2D eigenvalue weighted by Gasteiger charge is -2.25. The normalized spacial score (nSPS) is 26.7. The first-order valence-electron chi connectivity index (χ1n) is 8.48. The molecule has 23 heavy (non-hydrogen) atoms. The predicted molar refractivity (Wildman–Crippen MR) is 86.0 cm³/mol. The van der Waals surface area contributed by atoms with Crippen molar-refractivity contribution in [3.63, 3.8) is 0 Å². The Morgan fingerprint density at radius 2 is 2.30 bits per heavy atom. The zero-order chi connectivity index (χ0) is 16.0. The monoisotopic (exact) mass is 313 g/mol. The molecule has 0 aromatic carbocycles. The predicted octanol–water partition coefficient (Wildman–Crippen LogP) is 2.89. The molecule has 2 aromatic rings. The second kappa shape index (κ2) is 5.55. The number of aryl methyl sites for hydroxylation is 2. The zero-order valence-electron chi connectivity index (χ0n) is 13.7. The van der Waals surface area contributed by atoms with Crippen molar-refractivity contribution in [2.75, 3.05) is 6.54 Å². The van der Waals surface area contributed by atoms with Gasteiger partial charge in [0.15, 0.2) is 0 Å². The largest absolute Gasteiger partial charge is 0.469 e. The highest BCUT2D eigenvalue weighted by atomic mass is 16.3. The number of amides is 1. The lowest BCUT2D eigenvalue weighted by Crippen LogP contribution is -2.39. The Bertz CT molecular complexity index is 704. The van der Waals surface area contributed by atoms with Gasteiger partial charge in [0.1, 0.15) is 5.76 Å². The molecular weight excluding hydrogens is 290 g/mol. The highest BCUT2D eigenvalue weighted by Gasteiger charge is 2.49. The molecule has 1 aliphatic carbocycles. The van der Waals surface area contributed by atoms with Gasteiger partial charge in [0.25, 0.3) is 0 Å². The number of hydrogen-bond acceptors (Lipinski definition) is 3. The Labute approximate surface area is 136 Å². The van der Waals surface area contributed by atoms with Gasteiger partial charge in [0.05, 0.1) is 24.5 Å². The van der Waals surface area contributed by atoms with Crippen LogP contribution in [0.3, 0.4) is 0 Å². The number of nitrogens with zero attached hydrogens (tertiary/aromatic N) is 3. The van der Waals surface area contributed by atoms with Crippen molar-refractivity contribution in [1.82, 2.24) is 14.7 Å². The summed E-state index contributed by atoms with van der Waals surface area (Å²) in [6.45, 7) is 5.78. The van der Waals surface area contributed by atoms with Gasteiger partial charge in [-0.15, -0.1) is 0 Å². The molecule has 4 rings (SSSR count). The van der Waals surface area contributed by atoms with Gasteiger partial charge >= 0.3 is 0 Å². The first-order valence-corrected chi connectivity index (χ1v) is 8.48. The summed E-state index contributed by atoms with van der Waals surface area (Å²) in [7, 11) is 0. The summed E-state index contributed by atoms with van der Waals surface area (Å²) in [5.74, 6) is 1.66. The Hall–Kier alpha value is -2.04. The molecule has 122 valence electrons. The molecule has 1 saturated carbocycles. The van der Waals surface area contributed by atoms with Crippen molar-refractivity contribution < 1.29 is 9.21 Å². The van der Waals surface area contributed by atoms with E-state index in [2.05, 4.69) is 23.0 Å². The number of carbonyl (C=O) groups is 1. The smallest absolute Gasteiger partial charge is 0.226 e. The number of aromatic nitrogens is 2. The van der Waals surface area contributed by atoms with Crippen LogP contribution in [0.5, 0.6) is 0 Å². The van der Waals surface area contributed by atoms with Gasteiger partial charge in [-0.25, -0.2) is 0 Å². The molecule has 5 heteroatoms. The van der Waals surface area contributed by atoms with E-state index in [1.54, 1.807) is 6.26 Å². The topological polar surface area (TPSA) is 51.3 Å². The van der Waals surface area contributed by atoms with Crippen LogP contribution in [0.2, 0.25) is 0 Å². The second-order valence-corrected chi connectivity index (χ2v) is 6.90. The Morgan fingerprint density at radius 1 is 1.43 bits per heavy atom. The summed E-state index contributed by atoms with van der Waals surface area (Å²) in [6.07, 6.45) is 4.78. The Kier molecular flexibility index (Phi) is 3.51. The van der Waals surface area contributed by atoms with E-state index in [9.17, 15) is 4.79 Å². The molecule has 2 aromatic heterocycles. The maximum Gasteiger partial charge on any atom is 0.226 e. The second-order valence-electron chi connectivity index (χ2n) is 6.90. The summed E-state index contributed by atoms with van der Waals surface area (Å²) in [6, 6.07) is 6.25. The molecule has 0 unspecified atom stereocenters. The quantitative estimate of drug-likeness (QED) is 0.872. The molecule has 0 N–H and O–H groups in total. The minimum absolute atomic E-state index is 0.113. The van der Waals surface area contributed by atoms with E-state index in [0.717, 1.165) is 43.8 Å². The average Bonchev–Trinajstić information content (AvgIpc) is 2.90. The first kappa shape index (κ1) is 14.5. The molecule has 2 aliphatic rings. The summed E-state index contributed by atoms with van der Waals surface area (Å²) < 4.78 is 7.50. The SMILES string of the molecule is Cc1cc(C)n(C[C@@H]2CCCN2C(=O)[C@@H]2C[C@@H]2c2ccco2)n1. The van der Waals surface area contributed by atoms with Gasteiger partial charge in [0.2, 0.25) is 5.91 Å². The van der Waals surface area contributed by atoms with Crippen molar-refractivity contribution in [1.29, 1.82) is 0 Å². The van der Waals surface area contributed by atoms with Crippen molar-refractivity contribution in [2.45, 2.75) is 51.6 Å². The Balaban J connectivity index is 1.44. The highest BCUT2D eigenvalue weighted by molar-refractivity contribution is 5.83. The minimum atomic E-state index is 0.113. The van der Waals surface area contributed by atoms with E-state index in [1.165, 1.54) is 5.69 Å². The van der Waals surface area contributed by atoms with Gasteiger partial charge in [-0.05, 0) is 51.3 Å². The first-order chi connectivity index (χ1) is 11.1. The van der Waals surface area contributed by atoms with Crippen molar-refractivity contribution in [2.24, 2.45) is 5.92 Å². The summed E-state index contributed by atoms with van der Waals surface area (Å²) in [4.78, 5) is 14.9. The maximum absolute atomic E-state index is 12.9. The van der Waals surface area contributed by atoms with E-state index in [4.69, 9.17) is 4.42 Å². The van der Waals surface area contributed by atoms with Crippen LogP contribution in [0.1, 0.15) is 42.3 Å². The van der Waals surface area contributed by atoms with Gasteiger partial charge < -0.3 is 9.32 Å². The molecule has 1 aliphatic heterocycles. The lowest BCUT2D eigenvalue weighted by atomic mass is 10.2. The third kappa shape index (κ3) is 2.69. The van der Waals surface area contributed by atoms with Crippen LogP contribution in [0.15, 0.2) is 28.9 Å². The van der Waals surface area contributed by atoms with Gasteiger partial charge in [-0.3, -0.25) is 9.48 Å². The van der Waals surface area contributed by atoms with Crippen LogP contribution in [-0.2, 0) is 11.3 Å². The molecule has 0 radical (unpaired) electrons. The number of hydrogen-bond donors (Lipinski definition) is 0. The van der Waals surface area contributed by atoms with Crippen molar-refractivity contribution >= 4 is 5.91 Å². The van der Waals surface area contributed by atoms with Crippen LogP contribution in [-0.4, -0.2) is 33.2 Å². The molecule has 0 spiro atoms. The molecule has 3 atom stereocenters. The fourth-order valence-electron chi connectivity index (χ4n) is 3.87. The number of furan rings is 1. The van der Waals surface area contributed by atoms with E-state index in [-0.39, 0.29) is 17.9 Å². The summed E-state index contributed by atoms with van der Waals surface area (Å²) in [5.41, 5.74) is 2.21. The number of likely N-dealkylation sites (tertiary alicyclic amines) is 1. The Morgan fingerprint density at radius 3 is 3.00 bits per heavy atom. The molecule has 3 heterocycles. The van der Waals surface area contributed by atoms with Crippen molar-refractivity contribution in [3.05, 3.63) is 41.6 Å². The highest BCUT2D eigenvalue weighted by Crippen LogP contribution is 2.49. The van der Waals surface area contributed by atoms with Crippen LogP contribution >= 0.6 is 0 Å². The summed E-state index contributed by atoms with van der Waals surface area (Å²) in [5, 5.41) is 4.55. The fourth-order valence-corrected chi connectivity index (χ4v) is 3.87. The zero-order valence-corrected chi connectivity index (χ0v) is 13.7. The fraction of sp³-hybridized carbons (Fsp3) is 0.556. The lowest BCUT2D eigenvalue weighted by molar-refractivity contribution is -0.133. The van der Waals surface area contributed by atoms with E-state index < -0.39 is 0 Å². The van der Waals surface area contributed by atoms with Gasteiger partial charge in [-0.1, -0.05) is 0 Å². The number of carbonyl (C=O) groups excluding carboxylic acids is 1. The van der Waals surface area contributed by atoms with Crippen LogP contribution < -0.4 is 0 Å². The molecule has 0 bridgehead atoms. The molecule has 1 saturated heterocycles. The molecule has 5 nitrogen and oxygen atoms in total. The van der Waals surface area contributed by atoms with E-state index >= 15 is 0 Å². The standard InChI is InChI=1S/C18H23N3O2/c1-12-9-13(2)21(19-12)11-14-5-3-7-20(14)18(22)16-10-15(16)17-6-4-8-23-17/h4,6,8-9,14-16H,3,5,7,10-11H2,1-2H3/t14-,15-,16+/m0/s1. The van der Waals surface area contributed by atoms with Crippen LogP contribution in [0.4, 0.5) is 0 Å². The number of rotatable bonds is 4. The van der Waals surface area contributed by atoms with Crippen LogP contribution in [0.25, 0.3) is 0 Å². The molecule has 1 amide bonds. The van der Waals surface area contributed by atoms with Gasteiger partial charge in [0, 0.05) is 24.1 Å². The van der Waals surface area contributed by atoms with E-state index in [0.29, 0.717) is 5.91 Å². The van der Waals surface area contributed by atoms with Gasteiger partial charge in [-0.2, -0.15) is 5.10 Å². The maximum atomic E-state index is 12.9. The minimum Gasteiger partial charge on any atom is -0.469 e. The van der Waals surface area contributed by atoms with E-state index in [1.807, 2.05) is 23.7 Å². The van der Waals surface area contributed by atoms with Crippen LogP contribution in [0, 0.1) is 19.8 Å². The molecular formula is C18H23N3O2.